The third-order valence-corrected chi connectivity index (χ3v) is 5.96. The molecule has 172 valence electrons. The van der Waals surface area contributed by atoms with E-state index < -0.39 is 25.7 Å². The number of carbonyl (C=O) groups excluding carboxylic acids is 2. The van der Waals surface area contributed by atoms with Crippen LogP contribution in [0.1, 0.15) is 50.8 Å². The normalized spacial score (nSPS) is 12.7. The predicted molar refractivity (Wildman–Crippen MR) is 123 cm³/mol. The van der Waals surface area contributed by atoms with E-state index in [4.69, 9.17) is 4.52 Å². The lowest BCUT2D eigenvalue weighted by Gasteiger charge is -2.20. The zero-order valence-electron chi connectivity index (χ0n) is 18.3. The quantitative estimate of drug-likeness (QED) is 0.411. The molecule has 0 aliphatic rings. The van der Waals surface area contributed by atoms with Gasteiger partial charge >= 0.3 is 7.60 Å². The van der Waals surface area contributed by atoms with E-state index in [9.17, 15) is 19.0 Å². The van der Waals surface area contributed by atoms with Gasteiger partial charge in [-0.05, 0) is 25.0 Å². The van der Waals surface area contributed by atoms with Crippen molar-refractivity contribution in [2.45, 2.75) is 19.9 Å². The van der Waals surface area contributed by atoms with Crippen LogP contribution in [0.5, 0.6) is 0 Å². The molecule has 0 radical (unpaired) electrons. The standard InChI is InChI=1S/C23H25N4O5P/c1-3-32-33(30,31)15-25-23(29)21-24-14-19(16(2)26-21)22(28)27-20(17-10-6-4-7-11-17)18-12-8-5-9-13-18/h4-14,20H,3,15H2,1-2H3,(H,25,29)(H,27,28)(H,30,31). The molecule has 3 N–H and O–H groups in total. The molecule has 1 unspecified atom stereocenters. The van der Waals surface area contributed by atoms with Crippen molar-refractivity contribution in [3.8, 4) is 0 Å². The molecule has 0 bridgehead atoms. The minimum Gasteiger partial charge on any atom is -0.341 e. The highest BCUT2D eigenvalue weighted by Crippen LogP contribution is 2.39. The van der Waals surface area contributed by atoms with Gasteiger partial charge in [-0.1, -0.05) is 60.7 Å². The van der Waals surface area contributed by atoms with Crippen LogP contribution in [0.3, 0.4) is 0 Å². The summed E-state index contributed by atoms with van der Waals surface area (Å²) in [7, 11) is -3.93. The number of nitrogens with zero attached hydrogens (tertiary/aromatic N) is 2. The average molecular weight is 468 g/mol. The second-order valence-corrected chi connectivity index (χ2v) is 8.99. The highest BCUT2D eigenvalue weighted by Gasteiger charge is 2.23. The number of aromatic nitrogens is 2. The Bertz CT molecular complexity index is 1120. The van der Waals surface area contributed by atoms with Crippen LogP contribution < -0.4 is 10.6 Å². The maximum atomic E-state index is 13.1. The lowest BCUT2D eigenvalue weighted by Crippen LogP contribution is -2.31. The van der Waals surface area contributed by atoms with E-state index in [0.717, 1.165) is 11.1 Å². The summed E-state index contributed by atoms with van der Waals surface area (Å²) in [5.41, 5.74) is 2.33. The van der Waals surface area contributed by atoms with E-state index in [0.29, 0.717) is 5.69 Å². The summed E-state index contributed by atoms with van der Waals surface area (Å²) >= 11 is 0. The zero-order valence-corrected chi connectivity index (χ0v) is 19.2. The number of hydrogen-bond donors (Lipinski definition) is 3. The van der Waals surface area contributed by atoms with Gasteiger partial charge in [-0.2, -0.15) is 0 Å². The Hall–Kier alpha value is -3.39. The van der Waals surface area contributed by atoms with Gasteiger partial charge in [-0.15, -0.1) is 0 Å². The zero-order chi connectivity index (χ0) is 23.8. The molecule has 9 nitrogen and oxygen atoms in total. The molecule has 0 fully saturated rings. The average Bonchev–Trinajstić information content (AvgIpc) is 2.82. The number of aryl methyl sites for hydroxylation is 1. The van der Waals surface area contributed by atoms with Crippen LogP contribution in [-0.2, 0) is 9.09 Å². The Labute approximate surface area is 191 Å². The summed E-state index contributed by atoms with van der Waals surface area (Å²) in [6.45, 7) is 3.20. The molecule has 0 saturated heterocycles. The molecule has 33 heavy (non-hydrogen) atoms. The summed E-state index contributed by atoms with van der Waals surface area (Å²) in [6, 6.07) is 18.7. The fourth-order valence-corrected chi connectivity index (χ4v) is 3.99. The maximum Gasteiger partial charge on any atom is 0.347 e. The van der Waals surface area contributed by atoms with Crippen LogP contribution in [-0.4, -0.2) is 39.6 Å². The Kier molecular flexibility index (Phi) is 8.06. The summed E-state index contributed by atoms with van der Waals surface area (Å²) < 4.78 is 16.4. The molecule has 1 aromatic heterocycles. The Morgan fingerprint density at radius 1 is 1.03 bits per heavy atom. The number of rotatable bonds is 9. The van der Waals surface area contributed by atoms with Crippen LogP contribution in [0.25, 0.3) is 0 Å². The first-order valence-corrected chi connectivity index (χ1v) is 12.1. The Morgan fingerprint density at radius 2 is 1.61 bits per heavy atom. The highest BCUT2D eigenvalue weighted by molar-refractivity contribution is 7.52. The van der Waals surface area contributed by atoms with E-state index >= 15 is 0 Å². The molecule has 3 rings (SSSR count). The van der Waals surface area contributed by atoms with Gasteiger partial charge in [0.2, 0.25) is 5.82 Å². The summed E-state index contributed by atoms with van der Waals surface area (Å²) in [4.78, 5) is 42.9. The highest BCUT2D eigenvalue weighted by atomic mass is 31.2. The molecule has 10 heteroatoms. The van der Waals surface area contributed by atoms with Gasteiger partial charge in [0.25, 0.3) is 11.8 Å². The molecule has 1 heterocycles. The van der Waals surface area contributed by atoms with Gasteiger partial charge < -0.3 is 20.1 Å². The second-order valence-electron chi connectivity index (χ2n) is 7.14. The van der Waals surface area contributed by atoms with Gasteiger partial charge in [0, 0.05) is 6.20 Å². The van der Waals surface area contributed by atoms with Crippen LogP contribution >= 0.6 is 7.60 Å². The van der Waals surface area contributed by atoms with Crippen LogP contribution in [0.2, 0.25) is 0 Å². The number of benzene rings is 2. The maximum absolute atomic E-state index is 13.1. The second kappa shape index (κ2) is 11.0. The molecule has 0 aliphatic heterocycles. The predicted octanol–water partition coefficient (Wildman–Crippen LogP) is 3.21. The van der Waals surface area contributed by atoms with Gasteiger partial charge in [-0.3, -0.25) is 14.2 Å². The van der Waals surface area contributed by atoms with E-state index in [1.54, 1.807) is 13.8 Å². The number of nitrogens with one attached hydrogen (secondary N) is 2. The Morgan fingerprint density at radius 3 is 2.12 bits per heavy atom. The van der Waals surface area contributed by atoms with Gasteiger partial charge in [0.15, 0.2) is 0 Å². The summed E-state index contributed by atoms with van der Waals surface area (Å²) in [5.74, 6) is -1.36. The van der Waals surface area contributed by atoms with Crippen molar-refractivity contribution in [3.63, 3.8) is 0 Å². The fraction of sp³-hybridized carbons (Fsp3) is 0.217. The number of carbonyl (C=O) groups is 2. The SMILES string of the molecule is CCOP(=O)(O)CNC(=O)c1ncc(C(=O)NC(c2ccccc2)c2ccccc2)c(C)n1. The lowest BCUT2D eigenvalue weighted by atomic mass is 9.98. The first kappa shape index (κ1) is 24.3. The third-order valence-electron chi connectivity index (χ3n) is 4.74. The first-order valence-electron chi connectivity index (χ1n) is 10.3. The van der Waals surface area contributed by atoms with E-state index in [1.807, 2.05) is 60.7 Å². The lowest BCUT2D eigenvalue weighted by molar-refractivity contribution is 0.0928. The topological polar surface area (TPSA) is 131 Å². The van der Waals surface area contributed by atoms with Crippen molar-refractivity contribution < 1.29 is 23.6 Å². The monoisotopic (exact) mass is 468 g/mol. The van der Waals surface area contributed by atoms with Crippen molar-refractivity contribution in [3.05, 3.63) is 95.1 Å². The van der Waals surface area contributed by atoms with Gasteiger partial charge in [-0.25, -0.2) is 9.97 Å². The molecule has 3 aromatic rings. The largest absolute Gasteiger partial charge is 0.347 e. The van der Waals surface area contributed by atoms with Crippen molar-refractivity contribution in [1.82, 2.24) is 20.6 Å². The Balaban J connectivity index is 1.77. The number of hydrogen-bond acceptors (Lipinski definition) is 6. The van der Waals surface area contributed by atoms with E-state index in [-0.39, 0.29) is 24.0 Å². The minimum atomic E-state index is -3.93. The van der Waals surface area contributed by atoms with E-state index in [2.05, 4.69) is 20.6 Å². The van der Waals surface area contributed by atoms with Crippen molar-refractivity contribution in [1.29, 1.82) is 0 Å². The molecule has 0 saturated carbocycles. The van der Waals surface area contributed by atoms with Crippen molar-refractivity contribution in [2.75, 3.05) is 12.9 Å². The van der Waals surface area contributed by atoms with Crippen LogP contribution in [0.15, 0.2) is 66.9 Å². The molecular formula is C23H25N4O5P. The van der Waals surface area contributed by atoms with Crippen LogP contribution in [0.4, 0.5) is 0 Å². The molecule has 0 aliphatic carbocycles. The van der Waals surface area contributed by atoms with Crippen molar-refractivity contribution >= 4 is 19.4 Å². The van der Waals surface area contributed by atoms with Crippen molar-refractivity contribution in [2.24, 2.45) is 0 Å². The summed E-state index contributed by atoms with van der Waals surface area (Å²) in [6.07, 6.45) is 0.695. The molecule has 2 aromatic carbocycles. The smallest absolute Gasteiger partial charge is 0.341 e. The van der Waals surface area contributed by atoms with Gasteiger partial charge in [0.1, 0.15) is 6.29 Å². The van der Waals surface area contributed by atoms with E-state index in [1.165, 1.54) is 6.20 Å². The molecule has 1 atom stereocenters. The minimum absolute atomic E-state index is 0.0377. The third kappa shape index (κ3) is 6.55. The molecule has 2 amide bonds. The fourth-order valence-electron chi connectivity index (χ4n) is 3.16. The first-order chi connectivity index (χ1) is 15.8. The summed E-state index contributed by atoms with van der Waals surface area (Å²) in [5, 5.41) is 5.28. The molecule has 0 spiro atoms. The number of amides is 2. The van der Waals surface area contributed by atoms with Crippen LogP contribution in [0, 0.1) is 6.92 Å². The van der Waals surface area contributed by atoms with Gasteiger partial charge in [0.05, 0.1) is 23.9 Å². The molecular weight excluding hydrogens is 443 g/mol.